The third-order valence-electron chi connectivity index (χ3n) is 4.85. The van der Waals surface area contributed by atoms with Gasteiger partial charge in [0.2, 0.25) is 0 Å². The predicted octanol–water partition coefficient (Wildman–Crippen LogP) is 1.69. The summed E-state index contributed by atoms with van der Waals surface area (Å²) in [5.41, 5.74) is 3.04. The lowest BCUT2D eigenvalue weighted by atomic mass is 10.0. The first kappa shape index (κ1) is 18.5. The van der Waals surface area contributed by atoms with Crippen LogP contribution in [0.4, 0.5) is 15.9 Å². The number of nitrogens with one attached hydrogen (secondary N) is 1. The van der Waals surface area contributed by atoms with Crippen LogP contribution in [0.15, 0.2) is 23.1 Å². The normalized spacial score (nSPS) is 25.5. The Morgan fingerprint density at radius 1 is 1.19 bits per heavy atom. The SMILES string of the molecule is Cc1cc(Nc2nc(=O)n([C@@H]3O[C@H](C)[C@@H](O)[C@H]3O)cc2F)cc(C)c1C. The number of benzene rings is 1. The van der Waals surface area contributed by atoms with Gasteiger partial charge in [0.05, 0.1) is 12.3 Å². The van der Waals surface area contributed by atoms with Crippen molar-refractivity contribution in [1.82, 2.24) is 9.55 Å². The molecule has 3 N–H and O–H groups in total. The zero-order valence-corrected chi connectivity index (χ0v) is 15.0. The Bertz CT molecular complexity index is 875. The van der Waals surface area contributed by atoms with Gasteiger partial charge in [-0.15, -0.1) is 0 Å². The number of aromatic nitrogens is 2. The van der Waals surface area contributed by atoms with Crippen LogP contribution in [0.1, 0.15) is 29.8 Å². The first-order valence-electron chi connectivity index (χ1n) is 8.34. The van der Waals surface area contributed by atoms with E-state index in [2.05, 4.69) is 10.3 Å². The van der Waals surface area contributed by atoms with Gasteiger partial charge in [0, 0.05) is 5.69 Å². The van der Waals surface area contributed by atoms with Crippen LogP contribution in [-0.2, 0) is 4.74 Å². The molecule has 0 spiro atoms. The summed E-state index contributed by atoms with van der Waals surface area (Å²) in [6.07, 6.45) is -3.45. The van der Waals surface area contributed by atoms with E-state index < -0.39 is 36.0 Å². The quantitative estimate of drug-likeness (QED) is 0.768. The van der Waals surface area contributed by atoms with Gasteiger partial charge in [0.25, 0.3) is 0 Å². The van der Waals surface area contributed by atoms with E-state index in [1.165, 1.54) is 0 Å². The van der Waals surface area contributed by atoms with Crippen molar-refractivity contribution in [2.45, 2.75) is 52.2 Å². The molecule has 3 rings (SSSR count). The Morgan fingerprint density at radius 2 is 1.81 bits per heavy atom. The molecule has 1 fully saturated rings. The molecule has 1 saturated heterocycles. The van der Waals surface area contributed by atoms with E-state index in [4.69, 9.17) is 4.74 Å². The molecule has 0 bridgehead atoms. The van der Waals surface area contributed by atoms with Crippen molar-refractivity contribution in [3.8, 4) is 0 Å². The van der Waals surface area contributed by atoms with Crippen LogP contribution in [0, 0.1) is 26.6 Å². The smallest absolute Gasteiger partial charge is 0.351 e. The molecule has 0 radical (unpaired) electrons. The molecule has 1 aromatic heterocycles. The van der Waals surface area contributed by atoms with Gasteiger partial charge in [-0.05, 0) is 56.5 Å². The molecule has 26 heavy (non-hydrogen) atoms. The molecule has 0 saturated carbocycles. The third kappa shape index (κ3) is 3.23. The number of halogens is 1. The van der Waals surface area contributed by atoms with Crippen LogP contribution in [-0.4, -0.2) is 38.1 Å². The Balaban J connectivity index is 1.92. The van der Waals surface area contributed by atoms with Gasteiger partial charge < -0.3 is 20.3 Å². The lowest BCUT2D eigenvalue weighted by Gasteiger charge is -2.18. The summed E-state index contributed by atoms with van der Waals surface area (Å²) in [5.74, 6) is -0.986. The molecule has 0 unspecified atom stereocenters. The summed E-state index contributed by atoms with van der Waals surface area (Å²) >= 11 is 0. The number of anilines is 2. The maximum absolute atomic E-state index is 14.5. The van der Waals surface area contributed by atoms with Crippen LogP contribution in [0.3, 0.4) is 0 Å². The second-order valence-electron chi connectivity index (χ2n) is 6.70. The van der Waals surface area contributed by atoms with E-state index in [0.29, 0.717) is 5.69 Å². The molecule has 8 heteroatoms. The standard InChI is InChI=1S/C18H22FN3O4/c1-8-5-12(6-9(2)10(8)3)20-16-13(19)7-22(18(25)21-16)17-15(24)14(23)11(4)26-17/h5-7,11,14-15,17,23-24H,1-4H3,(H,20,21,25)/t11-,14-,15-,17-/m1/s1. The van der Waals surface area contributed by atoms with Crippen molar-refractivity contribution < 1.29 is 19.3 Å². The van der Waals surface area contributed by atoms with E-state index in [1.54, 1.807) is 6.92 Å². The van der Waals surface area contributed by atoms with Crippen molar-refractivity contribution in [2.24, 2.45) is 0 Å². The van der Waals surface area contributed by atoms with Crippen molar-refractivity contribution in [2.75, 3.05) is 5.32 Å². The second-order valence-corrected chi connectivity index (χ2v) is 6.70. The molecular formula is C18H22FN3O4. The lowest BCUT2D eigenvalue weighted by molar-refractivity contribution is -0.0355. The molecule has 2 aromatic rings. The maximum atomic E-state index is 14.5. The van der Waals surface area contributed by atoms with Gasteiger partial charge in [0.1, 0.15) is 12.2 Å². The fourth-order valence-electron chi connectivity index (χ4n) is 3.02. The summed E-state index contributed by atoms with van der Waals surface area (Å²) in [6, 6.07) is 3.69. The van der Waals surface area contributed by atoms with Crippen LogP contribution < -0.4 is 11.0 Å². The molecule has 1 aliphatic rings. The number of ether oxygens (including phenoxy) is 1. The number of nitrogens with zero attached hydrogens (tertiary/aromatic N) is 2. The predicted molar refractivity (Wildman–Crippen MR) is 94.0 cm³/mol. The zero-order valence-electron chi connectivity index (χ0n) is 15.0. The minimum Gasteiger partial charge on any atom is -0.388 e. The van der Waals surface area contributed by atoms with Crippen molar-refractivity contribution >= 4 is 11.5 Å². The zero-order chi connectivity index (χ0) is 19.2. The molecule has 2 heterocycles. The maximum Gasteiger partial charge on any atom is 0.351 e. The number of aliphatic hydroxyl groups is 2. The van der Waals surface area contributed by atoms with Gasteiger partial charge in [0.15, 0.2) is 17.9 Å². The van der Waals surface area contributed by atoms with Gasteiger partial charge in [-0.25, -0.2) is 9.18 Å². The van der Waals surface area contributed by atoms with Crippen LogP contribution >= 0.6 is 0 Å². The highest BCUT2D eigenvalue weighted by Gasteiger charge is 2.42. The molecule has 1 aliphatic heterocycles. The van der Waals surface area contributed by atoms with Crippen molar-refractivity contribution in [3.05, 3.63) is 51.3 Å². The molecular weight excluding hydrogens is 341 g/mol. The summed E-state index contributed by atoms with van der Waals surface area (Å²) in [6.45, 7) is 7.44. The molecule has 140 valence electrons. The Morgan fingerprint density at radius 3 is 2.35 bits per heavy atom. The van der Waals surface area contributed by atoms with E-state index in [0.717, 1.165) is 27.5 Å². The monoisotopic (exact) mass is 363 g/mol. The Labute approximate surface area is 150 Å². The average Bonchev–Trinajstić information content (AvgIpc) is 2.83. The minimum atomic E-state index is -1.34. The molecule has 0 aliphatic carbocycles. The van der Waals surface area contributed by atoms with E-state index in [1.807, 2.05) is 32.9 Å². The molecule has 0 amide bonds. The largest absolute Gasteiger partial charge is 0.388 e. The van der Waals surface area contributed by atoms with Gasteiger partial charge >= 0.3 is 5.69 Å². The first-order valence-corrected chi connectivity index (χ1v) is 8.34. The van der Waals surface area contributed by atoms with Crippen molar-refractivity contribution in [1.29, 1.82) is 0 Å². The van der Waals surface area contributed by atoms with E-state index in [9.17, 15) is 19.4 Å². The fraction of sp³-hybridized carbons (Fsp3) is 0.444. The number of aliphatic hydroxyl groups excluding tert-OH is 2. The van der Waals surface area contributed by atoms with Crippen molar-refractivity contribution in [3.63, 3.8) is 0 Å². The van der Waals surface area contributed by atoms with E-state index in [-0.39, 0.29) is 5.82 Å². The highest BCUT2D eigenvalue weighted by Crippen LogP contribution is 2.29. The fourth-order valence-corrected chi connectivity index (χ4v) is 3.02. The van der Waals surface area contributed by atoms with Gasteiger partial charge in [-0.3, -0.25) is 4.57 Å². The van der Waals surface area contributed by atoms with E-state index >= 15 is 0 Å². The topological polar surface area (TPSA) is 96.6 Å². The second kappa shape index (κ2) is 6.79. The minimum absolute atomic E-state index is 0.213. The molecule has 1 aromatic carbocycles. The van der Waals surface area contributed by atoms with Crippen LogP contribution in [0.5, 0.6) is 0 Å². The summed E-state index contributed by atoms with van der Waals surface area (Å²) in [4.78, 5) is 16.0. The Hall–Kier alpha value is -2.29. The Kier molecular flexibility index (Phi) is 4.83. The highest BCUT2D eigenvalue weighted by atomic mass is 19.1. The lowest BCUT2D eigenvalue weighted by Crippen LogP contribution is -2.35. The first-order chi connectivity index (χ1) is 12.2. The number of rotatable bonds is 3. The summed E-state index contributed by atoms with van der Waals surface area (Å²) in [5, 5.41) is 22.6. The third-order valence-corrected chi connectivity index (χ3v) is 4.85. The highest BCUT2D eigenvalue weighted by molar-refractivity contribution is 5.59. The average molecular weight is 363 g/mol. The number of aryl methyl sites for hydroxylation is 2. The van der Waals surface area contributed by atoms with Gasteiger partial charge in [-0.2, -0.15) is 4.98 Å². The number of hydrogen-bond acceptors (Lipinski definition) is 6. The van der Waals surface area contributed by atoms with Crippen LogP contribution in [0.2, 0.25) is 0 Å². The summed E-state index contributed by atoms with van der Waals surface area (Å²) in [7, 11) is 0. The summed E-state index contributed by atoms with van der Waals surface area (Å²) < 4.78 is 20.7. The van der Waals surface area contributed by atoms with Gasteiger partial charge in [-0.1, -0.05) is 0 Å². The molecule has 4 atom stereocenters. The van der Waals surface area contributed by atoms with Crippen LogP contribution in [0.25, 0.3) is 0 Å². The number of hydrogen-bond donors (Lipinski definition) is 3. The molecule has 7 nitrogen and oxygen atoms in total.